The van der Waals surface area contributed by atoms with Crippen LogP contribution in [-0.4, -0.2) is 39.3 Å². The maximum absolute atomic E-state index is 12.8. The molecule has 0 aliphatic heterocycles. The Labute approximate surface area is 173 Å². The average Bonchev–Trinajstić information content (AvgIpc) is 2.72. The van der Waals surface area contributed by atoms with Gasteiger partial charge in [0.05, 0.1) is 11.7 Å². The van der Waals surface area contributed by atoms with Gasteiger partial charge in [-0.1, -0.05) is 36.4 Å². The molecule has 6 nitrogen and oxygen atoms in total. The maximum Gasteiger partial charge on any atom is 0.304 e. The highest BCUT2D eigenvalue weighted by Gasteiger charge is 2.27. The van der Waals surface area contributed by atoms with Crippen LogP contribution in [0.15, 0.2) is 48.5 Å². The van der Waals surface area contributed by atoms with Gasteiger partial charge in [0.1, 0.15) is 6.54 Å². The standard InChI is InChI=1S/C22H29N3O3S/c1-17(19-14-13-18-9-7-8-10-20(18)15-19)23-22(26)16-25(29(27,28)24(2)3)21-11-5-4-6-12-21/h4-6,11-15,17H,7-10,16H2,1-3H3,(H,23,26). The van der Waals surface area contributed by atoms with Crippen LogP contribution in [0.25, 0.3) is 0 Å². The Hall–Kier alpha value is -2.38. The van der Waals surface area contributed by atoms with Crippen LogP contribution in [0.3, 0.4) is 0 Å². The minimum Gasteiger partial charge on any atom is -0.348 e. The molecule has 0 aromatic heterocycles. The molecule has 1 N–H and O–H groups in total. The number of carbonyl (C=O) groups is 1. The maximum atomic E-state index is 12.8. The Balaban J connectivity index is 1.75. The molecule has 1 unspecified atom stereocenters. The Kier molecular flexibility index (Phi) is 6.59. The topological polar surface area (TPSA) is 69.7 Å². The number of nitrogens with one attached hydrogen (secondary N) is 1. The van der Waals surface area contributed by atoms with Gasteiger partial charge in [-0.2, -0.15) is 12.7 Å². The molecule has 7 heteroatoms. The molecular weight excluding hydrogens is 386 g/mol. The second kappa shape index (κ2) is 8.97. The first-order valence-electron chi connectivity index (χ1n) is 9.95. The van der Waals surface area contributed by atoms with Crippen molar-refractivity contribution in [3.05, 3.63) is 65.2 Å². The van der Waals surface area contributed by atoms with E-state index in [1.807, 2.05) is 13.0 Å². The van der Waals surface area contributed by atoms with E-state index in [1.54, 1.807) is 24.3 Å². The molecule has 1 amide bonds. The van der Waals surface area contributed by atoms with Crippen molar-refractivity contribution in [3.63, 3.8) is 0 Å². The van der Waals surface area contributed by atoms with E-state index in [0.717, 1.165) is 27.0 Å². The number of nitrogens with zero attached hydrogens (tertiary/aromatic N) is 2. The van der Waals surface area contributed by atoms with Crippen LogP contribution in [0.4, 0.5) is 5.69 Å². The zero-order valence-corrected chi connectivity index (χ0v) is 18.1. The van der Waals surface area contributed by atoms with E-state index in [-0.39, 0.29) is 18.5 Å². The molecule has 0 bridgehead atoms. The lowest BCUT2D eigenvalue weighted by Crippen LogP contribution is -2.46. The van der Waals surface area contributed by atoms with Crippen molar-refractivity contribution in [2.45, 2.75) is 38.6 Å². The van der Waals surface area contributed by atoms with E-state index in [1.165, 1.54) is 38.1 Å². The number of hydrogen-bond acceptors (Lipinski definition) is 3. The number of para-hydroxylation sites is 1. The number of carbonyl (C=O) groups excluding carboxylic acids is 1. The van der Waals surface area contributed by atoms with Crippen LogP contribution in [0.5, 0.6) is 0 Å². The lowest BCUT2D eigenvalue weighted by Gasteiger charge is -2.27. The van der Waals surface area contributed by atoms with Crippen LogP contribution < -0.4 is 9.62 Å². The minimum absolute atomic E-state index is 0.200. The summed E-state index contributed by atoms with van der Waals surface area (Å²) in [6.45, 7) is 1.65. The largest absolute Gasteiger partial charge is 0.348 e. The summed E-state index contributed by atoms with van der Waals surface area (Å²) in [5.41, 5.74) is 4.25. The highest BCUT2D eigenvalue weighted by molar-refractivity contribution is 7.90. The molecule has 0 heterocycles. The summed E-state index contributed by atoms with van der Waals surface area (Å²) >= 11 is 0. The number of benzene rings is 2. The Morgan fingerprint density at radius 1 is 1.03 bits per heavy atom. The van der Waals surface area contributed by atoms with E-state index in [0.29, 0.717) is 5.69 Å². The Morgan fingerprint density at radius 2 is 1.69 bits per heavy atom. The third kappa shape index (κ3) is 4.97. The molecule has 0 saturated heterocycles. The molecule has 1 atom stereocenters. The van der Waals surface area contributed by atoms with Gasteiger partial charge in [0.15, 0.2) is 0 Å². The van der Waals surface area contributed by atoms with Crippen LogP contribution in [0.1, 0.15) is 42.5 Å². The normalized spacial score (nSPS) is 14.9. The summed E-state index contributed by atoms with van der Waals surface area (Å²) in [5.74, 6) is -0.343. The van der Waals surface area contributed by atoms with Gasteiger partial charge in [0.2, 0.25) is 5.91 Å². The van der Waals surface area contributed by atoms with Gasteiger partial charge in [-0.05, 0) is 61.4 Å². The molecule has 29 heavy (non-hydrogen) atoms. The molecule has 1 aliphatic rings. The summed E-state index contributed by atoms with van der Waals surface area (Å²) in [4.78, 5) is 12.7. The van der Waals surface area contributed by atoms with E-state index in [4.69, 9.17) is 0 Å². The molecular formula is C22H29N3O3S. The molecule has 0 fully saturated rings. The highest BCUT2D eigenvalue weighted by atomic mass is 32.2. The minimum atomic E-state index is -3.79. The molecule has 0 spiro atoms. The average molecular weight is 416 g/mol. The summed E-state index contributed by atoms with van der Waals surface area (Å²) in [7, 11) is -0.879. The molecule has 0 saturated carbocycles. The van der Waals surface area contributed by atoms with Gasteiger partial charge in [-0.15, -0.1) is 0 Å². The highest BCUT2D eigenvalue weighted by Crippen LogP contribution is 2.25. The smallest absolute Gasteiger partial charge is 0.304 e. The molecule has 2 aromatic rings. The second-order valence-electron chi connectivity index (χ2n) is 7.66. The third-order valence-electron chi connectivity index (χ3n) is 5.32. The van der Waals surface area contributed by atoms with Crippen molar-refractivity contribution in [2.75, 3.05) is 24.9 Å². The number of aryl methyl sites for hydroxylation is 2. The first-order chi connectivity index (χ1) is 13.8. The van der Waals surface area contributed by atoms with Crippen LogP contribution >= 0.6 is 0 Å². The summed E-state index contributed by atoms with van der Waals surface area (Å²) in [6.07, 6.45) is 4.62. The van der Waals surface area contributed by atoms with Gasteiger partial charge in [-0.25, -0.2) is 4.31 Å². The fourth-order valence-electron chi connectivity index (χ4n) is 3.62. The van der Waals surface area contributed by atoms with Crippen LogP contribution in [0, 0.1) is 0 Å². The van der Waals surface area contributed by atoms with Gasteiger partial charge in [0, 0.05) is 14.1 Å². The Morgan fingerprint density at radius 3 is 2.34 bits per heavy atom. The van der Waals surface area contributed by atoms with Gasteiger partial charge < -0.3 is 5.32 Å². The van der Waals surface area contributed by atoms with Crippen LogP contribution in [0.2, 0.25) is 0 Å². The van der Waals surface area contributed by atoms with Crippen molar-refractivity contribution in [1.82, 2.24) is 9.62 Å². The fourth-order valence-corrected chi connectivity index (χ4v) is 4.68. The van der Waals surface area contributed by atoms with E-state index in [9.17, 15) is 13.2 Å². The lowest BCUT2D eigenvalue weighted by molar-refractivity contribution is -0.120. The number of rotatable bonds is 7. The third-order valence-corrected chi connectivity index (χ3v) is 7.14. The zero-order chi connectivity index (χ0) is 21.0. The molecule has 3 rings (SSSR count). The summed E-state index contributed by atoms with van der Waals surface area (Å²) < 4.78 is 27.7. The van der Waals surface area contributed by atoms with Crippen LogP contribution in [-0.2, 0) is 27.8 Å². The fraction of sp³-hybridized carbons (Fsp3) is 0.409. The van der Waals surface area contributed by atoms with Crippen molar-refractivity contribution in [2.24, 2.45) is 0 Å². The predicted octanol–water partition coefficient (Wildman–Crippen LogP) is 3.06. The van der Waals surface area contributed by atoms with Gasteiger partial charge >= 0.3 is 10.2 Å². The molecule has 0 radical (unpaired) electrons. The number of amides is 1. The van der Waals surface area contributed by atoms with E-state index >= 15 is 0 Å². The predicted molar refractivity (Wildman–Crippen MR) is 116 cm³/mol. The van der Waals surface area contributed by atoms with Crippen molar-refractivity contribution in [3.8, 4) is 0 Å². The SMILES string of the molecule is CC(NC(=O)CN(c1ccccc1)S(=O)(=O)N(C)C)c1ccc2c(c1)CCCC2. The monoisotopic (exact) mass is 415 g/mol. The first kappa shape index (κ1) is 21.3. The zero-order valence-electron chi connectivity index (χ0n) is 17.3. The number of hydrogen-bond donors (Lipinski definition) is 1. The van der Waals surface area contributed by atoms with Crippen molar-refractivity contribution < 1.29 is 13.2 Å². The number of fused-ring (bicyclic) bond motifs is 1. The van der Waals surface area contributed by atoms with Gasteiger partial charge in [-0.3, -0.25) is 4.79 Å². The van der Waals surface area contributed by atoms with Crippen molar-refractivity contribution >= 4 is 21.8 Å². The summed E-state index contributed by atoms with van der Waals surface area (Å²) in [6, 6.07) is 14.9. The van der Waals surface area contributed by atoms with Crippen molar-refractivity contribution in [1.29, 1.82) is 0 Å². The van der Waals surface area contributed by atoms with E-state index < -0.39 is 10.2 Å². The van der Waals surface area contributed by atoms with Gasteiger partial charge in [0.25, 0.3) is 0 Å². The first-order valence-corrected chi connectivity index (χ1v) is 11.3. The number of anilines is 1. The molecule has 2 aromatic carbocycles. The molecule has 156 valence electrons. The summed E-state index contributed by atoms with van der Waals surface area (Å²) in [5, 5.41) is 2.95. The lowest BCUT2D eigenvalue weighted by atomic mass is 9.89. The Bertz CT molecular complexity index is 959. The second-order valence-corrected chi connectivity index (χ2v) is 9.72. The molecule has 1 aliphatic carbocycles. The van der Waals surface area contributed by atoms with E-state index in [2.05, 4.69) is 23.5 Å². The quantitative estimate of drug-likeness (QED) is 0.756.